The molecule has 4 rings (SSSR count). The molecule has 2 atom stereocenters. The van der Waals surface area contributed by atoms with Crippen LogP contribution in [0.25, 0.3) is 10.9 Å². The highest BCUT2D eigenvalue weighted by Crippen LogP contribution is 2.25. The number of aromatic amines is 1. The molecule has 2 aromatic rings. The van der Waals surface area contributed by atoms with Gasteiger partial charge in [0.25, 0.3) is 5.91 Å². The number of ether oxygens (including phenoxy) is 1. The van der Waals surface area contributed by atoms with Crippen LogP contribution in [0.4, 0.5) is 0 Å². The Hall–Kier alpha value is -2.05. The Morgan fingerprint density at radius 1 is 1.33 bits per heavy atom. The van der Waals surface area contributed by atoms with Crippen molar-refractivity contribution in [3.63, 3.8) is 0 Å². The molecule has 2 amide bonds. The van der Waals surface area contributed by atoms with Crippen LogP contribution in [0.2, 0.25) is 5.02 Å². The first kappa shape index (κ1) is 15.5. The van der Waals surface area contributed by atoms with Gasteiger partial charge in [0.2, 0.25) is 5.91 Å². The average Bonchev–Trinajstić information content (AvgIpc) is 3.14. The fourth-order valence-electron chi connectivity index (χ4n) is 3.51. The number of carbonyl (C=O) groups excluding carboxylic acids is 2. The summed E-state index contributed by atoms with van der Waals surface area (Å²) in [4.78, 5) is 31.4. The normalized spacial score (nSPS) is 24.3. The number of nitrogens with zero attached hydrogens (tertiary/aromatic N) is 2. The lowest BCUT2D eigenvalue weighted by molar-refractivity contribution is -0.131. The number of nitrogens with one attached hydrogen (secondary N) is 1. The van der Waals surface area contributed by atoms with Crippen molar-refractivity contribution >= 4 is 34.3 Å². The van der Waals surface area contributed by atoms with Gasteiger partial charge in [-0.25, -0.2) is 0 Å². The second kappa shape index (κ2) is 5.79. The van der Waals surface area contributed by atoms with Crippen LogP contribution in [0.15, 0.2) is 24.3 Å². The maximum atomic E-state index is 12.8. The van der Waals surface area contributed by atoms with Crippen molar-refractivity contribution in [2.24, 2.45) is 0 Å². The van der Waals surface area contributed by atoms with E-state index in [0.29, 0.717) is 36.8 Å². The average molecular weight is 348 g/mol. The monoisotopic (exact) mass is 347 g/mol. The minimum Gasteiger partial charge on any atom is -0.374 e. The Balaban J connectivity index is 1.57. The van der Waals surface area contributed by atoms with Crippen molar-refractivity contribution in [3.8, 4) is 0 Å². The van der Waals surface area contributed by atoms with Gasteiger partial charge in [0, 0.05) is 36.1 Å². The van der Waals surface area contributed by atoms with Crippen LogP contribution in [0.1, 0.15) is 16.9 Å². The second-order valence-electron chi connectivity index (χ2n) is 6.36. The first-order valence-corrected chi connectivity index (χ1v) is 8.35. The molecule has 0 spiro atoms. The quantitative estimate of drug-likeness (QED) is 0.856. The number of rotatable bonds is 1. The largest absolute Gasteiger partial charge is 0.374 e. The SMILES string of the molecule is CN1C(=O)CCO[C@H]2CN(C(=O)c3cc4cc(Cl)ccc4[nH]3)C[C@@H]21. The number of likely N-dealkylation sites (tertiary alicyclic amines) is 1. The Morgan fingerprint density at radius 3 is 3.00 bits per heavy atom. The number of amides is 2. The molecule has 0 aliphatic carbocycles. The van der Waals surface area contributed by atoms with E-state index in [1.54, 1.807) is 22.9 Å². The summed E-state index contributed by atoms with van der Waals surface area (Å²) >= 11 is 6.00. The van der Waals surface area contributed by atoms with E-state index in [2.05, 4.69) is 4.98 Å². The number of benzene rings is 1. The molecule has 0 unspecified atom stereocenters. The maximum absolute atomic E-state index is 12.8. The zero-order valence-corrected chi connectivity index (χ0v) is 14.0. The fraction of sp³-hybridized carbons (Fsp3) is 0.412. The van der Waals surface area contributed by atoms with Crippen LogP contribution >= 0.6 is 11.6 Å². The van der Waals surface area contributed by atoms with Crippen LogP contribution in [-0.2, 0) is 9.53 Å². The van der Waals surface area contributed by atoms with E-state index in [-0.39, 0.29) is 24.0 Å². The molecule has 2 aliphatic rings. The predicted octanol–water partition coefficient (Wildman–Crippen LogP) is 1.89. The molecule has 0 saturated carbocycles. The van der Waals surface area contributed by atoms with Gasteiger partial charge >= 0.3 is 0 Å². The number of likely N-dealkylation sites (N-methyl/N-ethyl adjacent to an activating group) is 1. The molecule has 2 fully saturated rings. The number of H-pyrrole nitrogens is 1. The molecule has 1 aromatic heterocycles. The van der Waals surface area contributed by atoms with Gasteiger partial charge < -0.3 is 19.5 Å². The molecule has 1 N–H and O–H groups in total. The molecular formula is C17H18ClN3O3. The first-order valence-electron chi connectivity index (χ1n) is 7.98. The Kier molecular flexibility index (Phi) is 3.73. The van der Waals surface area contributed by atoms with E-state index in [9.17, 15) is 9.59 Å². The minimum atomic E-state index is -0.121. The van der Waals surface area contributed by atoms with Crippen molar-refractivity contribution in [1.82, 2.24) is 14.8 Å². The standard InChI is InChI=1S/C17H18ClN3O3/c1-20-14-8-21(9-15(14)24-5-4-16(20)22)17(23)13-7-10-6-11(18)2-3-12(10)19-13/h2-3,6-7,14-15,19H,4-5,8-9H2,1H3/t14-,15-/m0/s1. The molecule has 126 valence electrons. The number of carbonyl (C=O) groups is 2. The topological polar surface area (TPSA) is 65.6 Å². The molecule has 2 saturated heterocycles. The molecule has 1 aromatic carbocycles. The van der Waals surface area contributed by atoms with E-state index in [0.717, 1.165) is 10.9 Å². The van der Waals surface area contributed by atoms with Gasteiger partial charge in [0.15, 0.2) is 0 Å². The highest BCUT2D eigenvalue weighted by molar-refractivity contribution is 6.31. The molecule has 3 heterocycles. The summed E-state index contributed by atoms with van der Waals surface area (Å²) in [7, 11) is 1.79. The number of hydrogen-bond acceptors (Lipinski definition) is 3. The minimum absolute atomic E-state index is 0.0667. The molecule has 24 heavy (non-hydrogen) atoms. The smallest absolute Gasteiger partial charge is 0.270 e. The summed E-state index contributed by atoms with van der Waals surface area (Å²) in [6, 6.07) is 7.21. The van der Waals surface area contributed by atoms with Crippen LogP contribution in [0, 0.1) is 0 Å². The van der Waals surface area contributed by atoms with Crippen molar-refractivity contribution in [3.05, 3.63) is 35.0 Å². The van der Waals surface area contributed by atoms with Gasteiger partial charge in [-0.3, -0.25) is 9.59 Å². The molecular weight excluding hydrogens is 330 g/mol. The van der Waals surface area contributed by atoms with Crippen LogP contribution in [0.3, 0.4) is 0 Å². The van der Waals surface area contributed by atoms with Crippen molar-refractivity contribution in [2.45, 2.75) is 18.6 Å². The van der Waals surface area contributed by atoms with Gasteiger partial charge in [-0.15, -0.1) is 0 Å². The van der Waals surface area contributed by atoms with E-state index in [4.69, 9.17) is 16.3 Å². The summed E-state index contributed by atoms with van der Waals surface area (Å²) in [5.41, 5.74) is 1.40. The summed E-state index contributed by atoms with van der Waals surface area (Å²) < 4.78 is 5.77. The van der Waals surface area contributed by atoms with E-state index in [1.807, 2.05) is 18.2 Å². The molecule has 7 heteroatoms. The third-order valence-corrected chi connectivity index (χ3v) is 5.11. The fourth-order valence-corrected chi connectivity index (χ4v) is 3.69. The zero-order valence-electron chi connectivity index (χ0n) is 13.3. The van der Waals surface area contributed by atoms with E-state index < -0.39 is 0 Å². The van der Waals surface area contributed by atoms with Crippen LogP contribution < -0.4 is 0 Å². The van der Waals surface area contributed by atoms with Gasteiger partial charge in [0.1, 0.15) is 5.69 Å². The van der Waals surface area contributed by atoms with Gasteiger partial charge in [-0.05, 0) is 24.3 Å². The first-order chi connectivity index (χ1) is 11.5. The highest BCUT2D eigenvalue weighted by atomic mass is 35.5. The summed E-state index contributed by atoms with van der Waals surface area (Å²) in [5.74, 6) is -0.0168. The van der Waals surface area contributed by atoms with Crippen LogP contribution in [0.5, 0.6) is 0 Å². The molecule has 6 nitrogen and oxygen atoms in total. The van der Waals surface area contributed by atoms with Crippen molar-refractivity contribution in [2.75, 3.05) is 26.7 Å². The van der Waals surface area contributed by atoms with Gasteiger partial charge in [-0.1, -0.05) is 11.6 Å². The number of hydrogen-bond donors (Lipinski definition) is 1. The number of halogens is 1. The van der Waals surface area contributed by atoms with Gasteiger partial charge in [-0.2, -0.15) is 0 Å². The third kappa shape index (κ3) is 2.56. The lowest BCUT2D eigenvalue weighted by Crippen LogP contribution is -2.43. The predicted molar refractivity (Wildman–Crippen MR) is 90.1 cm³/mol. The molecule has 0 bridgehead atoms. The third-order valence-electron chi connectivity index (χ3n) is 4.88. The summed E-state index contributed by atoms with van der Waals surface area (Å²) in [6.07, 6.45) is 0.282. The van der Waals surface area contributed by atoms with Crippen molar-refractivity contribution < 1.29 is 14.3 Å². The summed E-state index contributed by atoms with van der Waals surface area (Å²) in [6.45, 7) is 1.40. The maximum Gasteiger partial charge on any atom is 0.270 e. The van der Waals surface area contributed by atoms with Crippen molar-refractivity contribution in [1.29, 1.82) is 0 Å². The van der Waals surface area contributed by atoms with E-state index >= 15 is 0 Å². The second-order valence-corrected chi connectivity index (χ2v) is 6.79. The Morgan fingerprint density at radius 2 is 2.17 bits per heavy atom. The molecule has 2 aliphatic heterocycles. The summed E-state index contributed by atoms with van der Waals surface area (Å²) in [5, 5.41) is 1.54. The Labute approximate surface area is 144 Å². The van der Waals surface area contributed by atoms with Gasteiger partial charge in [0.05, 0.1) is 25.2 Å². The zero-order chi connectivity index (χ0) is 16.8. The Bertz CT molecular complexity index is 819. The number of fused-ring (bicyclic) bond motifs is 2. The number of aromatic nitrogens is 1. The lowest BCUT2D eigenvalue weighted by atomic mass is 10.2. The molecule has 0 radical (unpaired) electrons. The van der Waals surface area contributed by atoms with E-state index in [1.165, 1.54) is 0 Å². The lowest BCUT2D eigenvalue weighted by Gasteiger charge is -2.24. The van der Waals surface area contributed by atoms with Crippen LogP contribution in [-0.4, -0.2) is 65.5 Å². The highest BCUT2D eigenvalue weighted by Gasteiger charge is 2.41.